The number of nitrogens with zero attached hydrogens (tertiary/aromatic N) is 2. The summed E-state index contributed by atoms with van der Waals surface area (Å²) < 4.78 is 1.69. The second-order valence-electron chi connectivity index (χ2n) is 2.49. The number of carboxylic acids is 1. The van der Waals surface area contributed by atoms with E-state index in [1.807, 2.05) is 0 Å². The number of carboxylic acid groups (broad SMARTS) is 1. The van der Waals surface area contributed by atoms with Crippen LogP contribution in [0.2, 0.25) is 0 Å². The van der Waals surface area contributed by atoms with Gasteiger partial charge in [-0.1, -0.05) is 0 Å². The molecule has 0 aliphatic heterocycles. The van der Waals surface area contributed by atoms with Gasteiger partial charge in [-0.05, 0) is 7.05 Å². The summed E-state index contributed by atoms with van der Waals surface area (Å²) in [6.45, 7) is 0.573. The standard InChI is InChI=1S/C7H11N3O2.ClH/c1-8-3-6-9-5(7(11)12)4-10(6)2;/h4,8H,3H2,1-2H3,(H,11,12);1H. The Labute approximate surface area is 82.2 Å². The van der Waals surface area contributed by atoms with E-state index in [0.29, 0.717) is 6.54 Å². The van der Waals surface area contributed by atoms with E-state index in [0.717, 1.165) is 5.82 Å². The monoisotopic (exact) mass is 205 g/mol. The predicted molar refractivity (Wildman–Crippen MR) is 50.2 cm³/mol. The van der Waals surface area contributed by atoms with Crippen molar-refractivity contribution in [2.24, 2.45) is 7.05 Å². The molecule has 0 bridgehead atoms. The molecule has 0 spiro atoms. The maximum Gasteiger partial charge on any atom is 0.356 e. The molecule has 0 saturated heterocycles. The normalized spacial score (nSPS) is 9.38. The topological polar surface area (TPSA) is 67.2 Å². The highest BCUT2D eigenvalue weighted by Gasteiger charge is 2.09. The lowest BCUT2D eigenvalue weighted by molar-refractivity contribution is 0.0691. The number of aromatic carboxylic acids is 1. The van der Waals surface area contributed by atoms with Crippen molar-refractivity contribution in [3.63, 3.8) is 0 Å². The first-order chi connectivity index (χ1) is 5.65. The van der Waals surface area contributed by atoms with Crippen LogP contribution in [0.4, 0.5) is 0 Å². The van der Waals surface area contributed by atoms with Crippen LogP contribution in [0.25, 0.3) is 0 Å². The third kappa shape index (κ3) is 2.71. The molecule has 0 unspecified atom stereocenters. The maximum atomic E-state index is 10.5. The van der Waals surface area contributed by atoms with E-state index in [2.05, 4.69) is 10.3 Å². The van der Waals surface area contributed by atoms with Gasteiger partial charge in [-0.15, -0.1) is 12.4 Å². The number of nitrogens with one attached hydrogen (secondary N) is 1. The molecule has 1 aromatic heterocycles. The molecule has 5 nitrogen and oxygen atoms in total. The highest BCUT2D eigenvalue weighted by atomic mass is 35.5. The Kier molecular flexibility index (Phi) is 4.44. The average Bonchev–Trinajstić information content (AvgIpc) is 2.34. The lowest BCUT2D eigenvalue weighted by atomic mass is 10.5. The van der Waals surface area contributed by atoms with E-state index in [1.165, 1.54) is 6.20 Å². The molecule has 0 amide bonds. The van der Waals surface area contributed by atoms with E-state index in [1.54, 1.807) is 18.7 Å². The molecule has 6 heteroatoms. The minimum absolute atomic E-state index is 0. The first-order valence-electron chi connectivity index (χ1n) is 3.55. The molecule has 0 aromatic carbocycles. The van der Waals surface area contributed by atoms with E-state index >= 15 is 0 Å². The summed E-state index contributed by atoms with van der Waals surface area (Å²) in [6.07, 6.45) is 1.50. The van der Waals surface area contributed by atoms with Gasteiger partial charge in [-0.3, -0.25) is 0 Å². The number of hydrogen-bond donors (Lipinski definition) is 2. The summed E-state index contributed by atoms with van der Waals surface area (Å²) in [7, 11) is 3.56. The molecule has 1 rings (SSSR count). The molecule has 1 heterocycles. The van der Waals surface area contributed by atoms with Gasteiger partial charge < -0.3 is 15.0 Å². The van der Waals surface area contributed by atoms with Crippen molar-refractivity contribution in [3.05, 3.63) is 17.7 Å². The summed E-state index contributed by atoms with van der Waals surface area (Å²) in [5.41, 5.74) is 0.0859. The van der Waals surface area contributed by atoms with E-state index in [4.69, 9.17) is 5.11 Å². The second-order valence-corrected chi connectivity index (χ2v) is 2.49. The van der Waals surface area contributed by atoms with Crippen LogP contribution in [0.3, 0.4) is 0 Å². The molecule has 2 N–H and O–H groups in total. The van der Waals surface area contributed by atoms with Crippen LogP contribution < -0.4 is 5.32 Å². The largest absolute Gasteiger partial charge is 0.476 e. The minimum Gasteiger partial charge on any atom is -0.476 e. The quantitative estimate of drug-likeness (QED) is 0.743. The van der Waals surface area contributed by atoms with Gasteiger partial charge >= 0.3 is 5.97 Å². The first-order valence-corrected chi connectivity index (χ1v) is 3.55. The third-order valence-electron chi connectivity index (χ3n) is 1.53. The zero-order valence-electron chi connectivity index (χ0n) is 7.44. The van der Waals surface area contributed by atoms with Crippen LogP contribution >= 0.6 is 12.4 Å². The van der Waals surface area contributed by atoms with Gasteiger partial charge in [0.25, 0.3) is 0 Å². The number of hydrogen-bond acceptors (Lipinski definition) is 3. The predicted octanol–water partition coefficient (Wildman–Crippen LogP) is 0.259. The second kappa shape index (κ2) is 4.84. The van der Waals surface area contributed by atoms with Crippen LogP contribution in [0.1, 0.15) is 16.3 Å². The van der Waals surface area contributed by atoms with Crippen molar-refractivity contribution >= 4 is 18.4 Å². The van der Waals surface area contributed by atoms with Gasteiger partial charge in [0.1, 0.15) is 5.82 Å². The summed E-state index contributed by atoms with van der Waals surface area (Å²) in [5.74, 6) is -0.275. The molecule has 0 radical (unpaired) electrons. The van der Waals surface area contributed by atoms with Gasteiger partial charge in [-0.25, -0.2) is 9.78 Å². The summed E-state index contributed by atoms with van der Waals surface area (Å²) in [5, 5.41) is 11.5. The molecular weight excluding hydrogens is 194 g/mol. The Hall–Kier alpha value is -1.07. The van der Waals surface area contributed by atoms with Crippen molar-refractivity contribution in [1.82, 2.24) is 14.9 Å². The smallest absolute Gasteiger partial charge is 0.356 e. The van der Waals surface area contributed by atoms with Crippen LogP contribution in [0.5, 0.6) is 0 Å². The lowest BCUT2D eigenvalue weighted by Crippen LogP contribution is -2.10. The molecular formula is C7H12ClN3O2. The number of aryl methyl sites for hydroxylation is 1. The third-order valence-corrected chi connectivity index (χ3v) is 1.53. The molecule has 74 valence electrons. The van der Waals surface area contributed by atoms with Crippen LogP contribution in [0, 0.1) is 0 Å². The fourth-order valence-corrected chi connectivity index (χ4v) is 0.930. The SMILES string of the molecule is CNCc1nc(C(=O)O)cn1C.Cl. The van der Waals surface area contributed by atoms with Crippen LogP contribution in [0.15, 0.2) is 6.20 Å². The highest BCUT2D eigenvalue weighted by Crippen LogP contribution is 2.00. The highest BCUT2D eigenvalue weighted by molar-refractivity contribution is 5.85. The fraction of sp³-hybridized carbons (Fsp3) is 0.429. The van der Waals surface area contributed by atoms with Crippen LogP contribution in [-0.4, -0.2) is 27.7 Å². The molecule has 0 fully saturated rings. The summed E-state index contributed by atoms with van der Waals surface area (Å²) in [6, 6.07) is 0. The zero-order chi connectivity index (χ0) is 9.14. The Morgan fingerprint density at radius 2 is 2.38 bits per heavy atom. The van der Waals surface area contributed by atoms with Gasteiger partial charge in [0.15, 0.2) is 5.69 Å². The van der Waals surface area contributed by atoms with E-state index in [9.17, 15) is 4.79 Å². The van der Waals surface area contributed by atoms with Gasteiger partial charge in [0.2, 0.25) is 0 Å². The Bertz CT molecular complexity index is 298. The Balaban J connectivity index is 0.00000144. The number of rotatable bonds is 3. The van der Waals surface area contributed by atoms with E-state index in [-0.39, 0.29) is 18.1 Å². The summed E-state index contributed by atoms with van der Waals surface area (Å²) >= 11 is 0. The maximum absolute atomic E-state index is 10.5. The van der Waals surface area contributed by atoms with Crippen molar-refractivity contribution < 1.29 is 9.90 Å². The first kappa shape index (κ1) is 11.9. The van der Waals surface area contributed by atoms with Gasteiger partial charge in [-0.2, -0.15) is 0 Å². The molecule has 0 aliphatic carbocycles. The molecule has 13 heavy (non-hydrogen) atoms. The van der Waals surface area contributed by atoms with Crippen molar-refractivity contribution in [3.8, 4) is 0 Å². The molecule has 0 atom stereocenters. The van der Waals surface area contributed by atoms with Crippen molar-refractivity contribution in [2.45, 2.75) is 6.54 Å². The zero-order valence-corrected chi connectivity index (χ0v) is 8.26. The summed E-state index contributed by atoms with van der Waals surface area (Å²) in [4.78, 5) is 14.4. The Morgan fingerprint density at radius 3 is 2.77 bits per heavy atom. The lowest BCUT2D eigenvalue weighted by Gasteiger charge is -1.97. The number of imidazole rings is 1. The van der Waals surface area contributed by atoms with E-state index < -0.39 is 5.97 Å². The number of halogens is 1. The van der Waals surface area contributed by atoms with Gasteiger partial charge in [0, 0.05) is 13.2 Å². The minimum atomic E-state index is -0.993. The molecule has 0 aliphatic rings. The Morgan fingerprint density at radius 1 is 1.77 bits per heavy atom. The fourth-order valence-electron chi connectivity index (χ4n) is 0.930. The molecule has 1 aromatic rings. The number of carbonyl (C=O) groups is 1. The van der Waals surface area contributed by atoms with Crippen molar-refractivity contribution in [1.29, 1.82) is 0 Å². The average molecular weight is 206 g/mol. The van der Waals surface area contributed by atoms with Gasteiger partial charge in [0.05, 0.1) is 6.54 Å². The number of aromatic nitrogens is 2. The molecule has 0 saturated carbocycles. The van der Waals surface area contributed by atoms with Crippen molar-refractivity contribution in [2.75, 3.05) is 7.05 Å². The van der Waals surface area contributed by atoms with Crippen LogP contribution in [-0.2, 0) is 13.6 Å².